The normalized spacial score (nSPS) is 12.4. The molecule has 0 aliphatic rings. The van der Waals surface area contributed by atoms with Gasteiger partial charge in [0.2, 0.25) is 0 Å². The van der Waals surface area contributed by atoms with Gasteiger partial charge in [-0.1, -0.05) is 6.07 Å². The van der Waals surface area contributed by atoms with Crippen LogP contribution in [0.4, 0.5) is 4.39 Å². The Kier molecular flexibility index (Phi) is 4.16. The van der Waals surface area contributed by atoms with Gasteiger partial charge in [0.15, 0.2) is 11.6 Å². The molecule has 102 valence electrons. The molecule has 1 aromatic heterocycles. The average Bonchev–Trinajstić information content (AvgIpc) is 2.81. The highest BCUT2D eigenvalue weighted by atomic mass is 19.1. The van der Waals surface area contributed by atoms with Crippen LogP contribution in [0, 0.1) is 5.82 Å². The molecule has 2 aromatic rings. The summed E-state index contributed by atoms with van der Waals surface area (Å²) in [6.07, 6.45) is 3.66. The number of hydrogen-bond donors (Lipinski definition) is 1. The van der Waals surface area contributed by atoms with Crippen molar-refractivity contribution in [3.05, 3.63) is 47.8 Å². The summed E-state index contributed by atoms with van der Waals surface area (Å²) in [6, 6.07) is 5.04. The monoisotopic (exact) mass is 263 g/mol. The number of benzene rings is 1. The first-order valence-electron chi connectivity index (χ1n) is 6.15. The third-order valence-electron chi connectivity index (χ3n) is 3.16. The third kappa shape index (κ3) is 3.12. The van der Waals surface area contributed by atoms with Gasteiger partial charge in [-0.2, -0.15) is 0 Å². The molecule has 1 N–H and O–H groups in total. The molecule has 0 bridgehead atoms. The zero-order valence-corrected chi connectivity index (χ0v) is 11.4. The summed E-state index contributed by atoms with van der Waals surface area (Å²) < 4.78 is 20.5. The Hall–Kier alpha value is -1.88. The molecule has 2 rings (SSSR count). The second-order valence-corrected chi connectivity index (χ2v) is 4.45. The van der Waals surface area contributed by atoms with Crippen LogP contribution < -0.4 is 10.1 Å². The molecular weight excluding hydrogens is 245 g/mol. The summed E-state index contributed by atoms with van der Waals surface area (Å²) in [4.78, 5) is 4.23. The topological polar surface area (TPSA) is 39.1 Å². The minimum Gasteiger partial charge on any atom is -0.494 e. The second-order valence-electron chi connectivity index (χ2n) is 4.45. The molecule has 4 nitrogen and oxygen atoms in total. The molecule has 0 fully saturated rings. The van der Waals surface area contributed by atoms with Gasteiger partial charge in [0.05, 0.1) is 13.7 Å². The number of methoxy groups -OCH3 is 1. The van der Waals surface area contributed by atoms with Crippen LogP contribution in [0.15, 0.2) is 30.6 Å². The number of rotatable bonds is 5. The molecule has 0 radical (unpaired) electrons. The van der Waals surface area contributed by atoms with E-state index in [9.17, 15) is 4.39 Å². The van der Waals surface area contributed by atoms with Crippen LogP contribution in [0.3, 0.4) is 0 Å². The first-order chi connectivity index (χ1) is 9.11. The molecular formula is C14H18FN3O. The van der Waals surface area contributed by atoms with E-state index in [1.54, 1.807) is 12.3 Å². The van der Waals surface area contributed by atoms with Gasteiger partial charge in [0.25, 0.3) is 0 Å². The fourth-order valence-corrected chi connectivity index (χ4v) is 1.88. The van der Waals surface area contributed by atoms with Gasteiger partial charge < -0.3 is 14.6 Å². The Morgan fingerprint density at radius 3 is 2.84 bits per heavy atom. The summed E-state index contributed by atoms with van der Waals surface area (Å²) in [5, 5.41) is 3.32. The highest BCUT2D eigenvalue weighted by Gasteiger charge is 2.10. The van der Waals surface area contributed by atoms with Crippen molar-refractivity contribution in [2.24, 2.45) is 7.05 Å². The summed E-state index contributed by atoms with van der Waals surface area (Å²) in [7, 11) is 3.41. The Morgan fingerprint density at radius 1 is 1.47 bits per heavy atom. The second kappa shape index (κ2) is 5.84. The molecule has 1 aromatic carbocycles. The zero-order valence-electron chi connectivity index (χ0n) is 11.4. The van der Waals surface area contributed by atoms with Crippen molar-refractivity contribution in [3.63, 3.8) is 0 Å². The van der Waals surface area contributed by atoms with E-state index in [1.807, 2.05) is 30.8 Å². The molecule has 1 unspecified atom stereocenters. The predicted octanol–water partition coefficient (Wildman–Crippen LogP) is 2.42. The van der Waals surface area contributed by atoms with Crippen molar-refractivity contribution < 1.29 is 9.13 Å². The number of nitrogens with zero attached hydrogens (tertiary/aromatic N) is 2. The summed E-state index contributed by atoms with van der Waals surface area (Å²) >= 11 is 0. The zero-order chi connectivity index (χ0) is 13.8. The number of aryl methyl sites for hydroxylation is 1. The summed E-state index contributed by atoms with van der Waals surface area (Å²) in [5.74, 6) is 0.867. The number of hydrogen-bond acceptors (Lipinski definition) is 3. The predicted molar refractivity (Wildman–Crippen MR) is 71.4 cm³/mol. The molecule has 1 atom stereocenters. The Labute approximate surface area is 112 Å². The maximum Gasteiger partial charge on any atom is 0.165 e. The molecule has 0 spiro atoms. The van der Waals surface area contributed by atoms with E-state index in [1.165, 1.54) is 13.2 Å². The van der Waals surface area contributed by atoms with Crippen molar-refractivity contribution in [1.29, 1.82) is 0 Å². The number of halogens is 1. The van der Waals surface area contributed by atoms with Crippen molar-refractivity contribution in [1.82, 2.24) is 14.9 Å². The molecule has 0 aliphatic heterocycles. The maximum absolute atomic E-state index is 13.6. The van der Waals surface area contributed by atoms with Crippen LogP contribution in [0.5, 0.6) is 5.75 Å². The van der Waals surface area contributed by atoms with E-state index in [4.69, 9.17) is 4.74 Å². The lowest BCUT2D eigenvalue weighted by Crippen LogP contribution is -2.20. The lowest BCUT2D eigenvalue weighted by Gasteiger charge is -2.15. The molecule has 0 amide bonds. The van der Waals surface area contributed by atoms with Gasteiger partial charge in [-0.05, 0) is 24.6 Å². The van der Waals surface area contributed by atoms with Crippen LogP contribution in [0.25, 0.3) is 0 Å². The van der Waals surface area contributed by atoms with Gasteiger partial charge in [-0.3, -0.25) is 0 Å². The number of aromatic nitrogens is 2. The standard InChI is InChI=1S/C14H18FN3O/c1-10(17-9-14-16-6-7-18(14)2)11-4-5-13(19-3)12(15)8-11/h4-8,10,17H,9H2,1-3H3. The molecule has 0 aliphatic carbocycles. The van der Waals surface area contributed by atoms with Crippen LogP contribution in [0.2, 0.25) is 0 Å². The Bertz CT molecular complexity index is 553. The van der Waals surface area contributed by atoms with Crippen molar-refractivity contribution in [2.75, 3.05) is 7.11 Å². The smallest absolute Gasteiger partial charge is 0.165 e. The largest absolute Gasteiger partial charge is 0.494 e. The first kappa shape index (κ1) is 13.5. The fourth-order valence-electron chi connectivity index (χ4n) is 1.88. The average molecular weight is 263 g/mol. The van der Waals surface area contributed by atoms with Crippen LogP contribution in [-0.2, 0) is 13.6 Å². The third-order valence-corrected chi connectivity index (χ3v) is 3.16. The lowest BCUT2D eigenvalue weighted by molar-refractivity contribution is 0.385. The number of imidazole rings is 1. The summed E-state index contributed by atoms with van der Waals surface area (Å²) in [6.45, 7) is 2.63. The highest BCUT2D eigenvalue weighted by Crippen LogP contribution is 2.21. The Morgan fingerprint density at radius 2 is 2.26 bits per heavy atom. The quantitative estimate of drug-likeness (QED) is 0.900. The molecule has 19 heavy (non-hydrogen) atoms. The maximum atomic E-state index is 13.6. The van der Waals surface area contributed by atoms with E-state index >= 15 is 0 Å². The van der Waals surface area contributed by atoms with E-state index in [0.29, 0.717) is 6.54 Å². The van der Waals surface area contributed by atoms with Crippen LogP contribution in [0.1, 0.15) is 24.4 Å². The SMILES string of the molecule is COc1ccc(C(C)NCc2nccn2C)cc1F. The first-order valence-corrected chi connectivity index (χ1v) is 6.15. The van der Waals surface area contributed by atoms with E-state index in [2.05, 4.69) is 10.3 Å². The van der Waals surface area contributed by atoms with E-state index in [-0.39, 0.29) is 17.6 Å². The molecule has 0 saturated carbocycles. The minimum atomic E-state index is -0.342. The molecule has 0 saturated heterocycles. The molecule has 1 heterocycles. The van der Waals surface area contributed by atoms with Gasteiger partial charge in [-0.15, -0.1) is 0 Å². The van der Waals surface area contributed by atoms with E-state index < -0.39 is 0 Å². The highest BCUT2D eigenvalue weighted by molar-refractivity contribution is 5.30. The van der Waals surface area contributed by atoms with Crippen molar-refractivity contribution in [2.45, 2.75) is 19.5 Å². The van der Waals surface area contributed by atoms with Gasteiger partial charge in [0, 0.05) is 25.5 Å². The van der Waals surface area contributed by atoms with Gasteiger partial charge >= 0.3 is 0 Å². The van der Waals surface area contributed by atoms with Crippen LogP contribution >= 0.6 is 0 Å². The van der Waals surface area contributed by atoms with Crippen molar-refractivity contribution >= 4 is 0 Å². The van der Waals surface area contributed by atoms with Gasteiger partial charge in [0.1, 0.15) is 5.82 Å². The van der Waals surface area contributed by atoms with Gasteiger partial charge in [-0.25, -0.2) is 9.37 Å². The lowest BCUT2D eigenvalue weighted by atomic mass is 10.1. The van der Waals surface area contributed by atoms with E-state index in [0.717, 1.165) is 11.4 Å². The molecule has 5 heteroatoms. The number of nitrogens with one attached hydrogen (secondary N) is 1. The van der Waals surface area contributed by atoms with Crippen molar-refractivity contribution in [3.8, 4) is 5.75 Å². The van der Waals surface area contributed by atoms with Crippen LogP contribution in [-0.4, -0.2) is 16.7 Å². The fraction of sp³-hybridized carbons (Fsp3) is 0.357. The Balaban J connectivity index is 2.02. The minimum absolute atomic E-state index is 0.0390. The summed E-state index contributed by atoms with van der Waals surface area (Å²) in [5.41, 5.74) is 0.882. The number of ether oxygens (including phenoxy) is 1.